The second kappa shape index (κ2) is 7.31. The summed E-state index contributed by atoms with van der Waals surface area (Å²) in [6.07, 6.45) is 7.14. The Morgan fingerprint density at radius 2 is 1.89 bits per heavy atom. The Labute approximate surface area is 220 Å². The smallest absolute Gasteiger partial charge is 0.165 e. The molecule has 5 fully saturated rings. The zero-order valence-electron chi connectivity index (χ0n) is 22.3. The van der Waals surface area contributed by atoms with Gasteiger partial charge in [0, 0.05) is 41.5 Å². The van der Waals surface area contributed by atoms with E-state index in [1.807, 2.05) is 25.3 Å². The molecule has 2 aromatic rings. The van der Waals surface area contributed by atoms with Gasteiger partial charge in [-0.25, -0.2) is 0 Å². The number of ether oxygens (including phenoxy) is 3. The van der Waals surface area contributed by atoms with Gasteiger partial charge in [0.15, 0.2) is 11.5 Å². The van der Waals surface area contributed by atoms with Gasteiger partial charge in [0.05, 0.1) is 13.2 Å². The normalized spacial score (nSPS) is 41.7. The molecule has 1 unspecified atom stereocenters. The lowest BCUT2D eigenvalue weighted by Crippen LogP contribution is -2.83. The molecule has 5 heteroatoms. The van der Waals surface area contributed by atoms with Gasteiger partial charge in [0.1, 0.15) is 11.7 Å². The Morgan fingerprint density at radius 1 is 1.08 bits per heavy atom. The van der Waals surface area contributed by atoms with Crippen LogP contribution in [-0.2, 0) is 16.6 Å². The van der Waals surface area contributed by atoms with Crippen LogP contribution in [0.25, 0.3) is 0 Å². The summed E-state index contributed by atoms with van der Waals surface area (Å²) >= 11 is 0. The summed E-state index contributed by atoms with van der Waals surface area (Å²) in [6.45, 7) is 4.64. The van der Waals surface area contributed by atoms with Gasteiger partial charge in [-0.3, -0.25) is 4.90 Å². The molecule has 0 radical (unpaired) electrons. The second-order valence-corrected chi connectivity index (χ2v) is 13.2. The predicted octanol–water partition coefficient (Wildman–Crippen LogP) is 5.04. The second-order valence-electron chi connectivity index (χ2n) is 13.2. The number of hydrogen-bond acceptors (Lipinski definition) is 5. The zero-order chi connectivity index (χ0) is 25.2. The van der Waals surface area contributed by atoms with Crippen LogP contribution in [0.5, 0.6) is 11.5 Å². The number of aliphatic hydroxyl groups excluding tert-OH is 1. The first-order valence-electron chi connectivity index (χ1n) is 14.3. The van der Waals surface area contributed by atoms with Crippen molar-refractivity contribution >= 4 is 0 Å². The molecule has 5 aliphatic carbocycles. The van der Waals surface area contributed by atoms with Crippen molar-refractivity contribution in [1.29, 1.82) is 0 Å². The van der Waals surface area contributed by atoms with Crippen molar-refractivity contribution in [2.75, 3.05) is 27.3 Å². The van der Waals surface area contributed by atoms with Crippen LogP contribution >= 0.6 is 0 Å². The highest BCUT2D eigenvalue weighted by molar-refractivity contribution is 5.64. The van der Waals surface area contributed by atoms with Crippen LogP contribution in [0.3, 0.4) is 0 Å². The Balaban J connectivity index is 1.37. The first-order valence-corrected chi connectivity index (χ1v) is 14.3. The standard InChI is InChI=1S/C32H39NO4/c1-29(27(34)21-7-5-4-6-8-21)19-30-13-14-32(29,36-3)28-31(30)15-16-33(18-20-9-10-20)24(30)17-22-11-12-23(35-2)26(37-28)25(22)31/h4-8,11-12,20,24,27-28,34H,9-10,13-19H2,1-3H3/t24-,27?,28-,29-,30-,31+,32+/m1/s1. The topological polar surface area (TPSA) is 51.2 Å². The fraction of sp³-hybridized carbons (Fsp3) is 0.625. The molecule has 2 aliphatic heterocycles. The first-order chi connectivity index (χ1) is 17.9. The summed E-state index contributed by atoms with van der Waals surface area (Å²) in [5, 5.41) is 12.2. The molecule has 4 bridgehead atoms. The molecule has 7 atom stereocenters. The van der Waals surface area contributed by atoms with Crippen LogP contribution in [-0.4, -0.2) is 55.1 Å². The highest BCUT2D eigenvalue weighted by atomic mass is 16.6. The molecule has 1 saturated heterocycles. The van der Waals surface area contributed by atoms with Crippen molar-refractivity contribution in [2.45, 2.75) is 81.1 Å². The van der Waals surface area contributed by atoms with E-state index in [1.54, 1.807) is 7.11 Å². The summed E-state index contributed by atoms with van der Waals surface area (Å²) in [7, 11) is 3.61. The van der Waals surface area contributed by atoms with Crippen LogP contribution in [0.15, 0.2) is 42.5 Å². The maximum absolute atomic E-state index is 12.2. The Bertz CT molecular complexity index is 1260. The van der Waals surface area contributed by atoms with Crippen molar-refractivity contribution in [2.24, 2.45) is 16.7 Å². The molecular weight excluding hydrogens is 462 g/mol. The van der Waals surface area contributed by atoms with E-state index >= 15 is 0 Å². The molecule has 9 rings (SSSR count). The number of fused-ring (bicyclic) bond motifs is 2. The van der Waals surface area contributed by atoms with E-state index < -0.39 is 17.1 Å². The van der Waals surface area contributed by atoms with Crippen LogP contribution in [0.2, 0.25) is 0 Å². The minimum atomic E-state index is -0.628. The van der Waals surface area contributed by atoms with Gasteiger partial charge in [-0.2, -0.15) is 0 Å². The average molecular weight is 502 g/mol. The molecule has 4 saturated carbocycles. The summed E-state index contributed by atoms with van der Waals surface area (Å²) in [5.41, 5.74) is 2.70. The van der Waals surface area contributed by atoms with Crippen LogP contribution in [0.1, 0.15) is 68.2 Å². The lowest BCUT2D eigenvalue weighted by Gasteiger charge is -2.76. The number of hydrogen-bond donors (Lipinski definition) is 1. The Morgan fingerprint density at radius 3 is 2.62 bits per heavy atom. The highest BCUT2D eigenvalue weighted by Crippen LogP contribution is 2.80. The van der Waals surface area contributed by atoms with Crippen LogP contribution in [0.4, 0.5) is 0 Å². The van der Waals surface area contributed by atoms with Gasteiger partial charge in [-0.15, -0.1) is 0 Å². The third-order valence-electron chi connectivity index (χ3n) is 12.0. The Hall–Kier alpha value is -2.08. The minimum Gasteiger partial charge on any atom is -0.493 e. The van der Waals surface area contributed by atoms with Crippen molar-refractivity contribution in [3.8, 4) is 11.5 Å². The lowest BCUT2D eigenvalue weighted by atomic mass is 9.31. The van der Waals surface area contributed by atoms with Gasteiger partial charge in [0.2, 0.25) is 0 Å². The number of rotatable bonds is 6. The molecular formula is C32H39NO4. The summed E-state index contributed by atoms with van der Waals surface area (Å²) in [4.78, 5) is 2.85. The average Bonchev–Trinajstić information content (AvgIpc) is 3.67. The third kappa shape index (κ3) is 2.49. The van der Waals surface area contributed by atoms with E-state index in [0.717, 1.165) is 61.6 Å². The molecule has 196 valence electrons. The van der Waals surface area contributed by atoms with Gasteiger partial charge < -0.3 is 19.3 Å². The Kier molecular flexibility index (Phi) is 4.52. The van der Waals surface area contributed by atoms with Crippen molar-refractivity contribution in [1.82, 2.24) is 4.90 Å². The number of methoxy groups -OCH3 is 2. The number of aliphatic hydroxyl groups is 1. The molecule has 2 aromatic carbocycles. The monoisotopic (exact) mass is 501 g/mol. The van der Waals surface area contributed by atoms with Gasteiger partial charge >= 0.3 is 0 Å². The maximum atomic E-state index is 12.2. The largest absolute Gasteiger partial charge is 0.493 e. The number of likely N-dealkylation sites (tertiary alicyclic amines) is 1. The molecule has 5 nitrogen and oxygen atoms in total. The van der Waals surface area contributed by atoms with Gasteiger partial charge in [-0.05, 0) is 74.6 Å². The molecule has 0 amide bonds. The molecule has 1 N–H and O–H groups in total. The summed E-state index contributed by atoms with van der Waals surface area (Å²) in [5.74, 6) is 2.65. The van der Waals surface area contributed by atoms with Crippen LogP contribution < -0.4 is 9.47 Å². The SMILES string of the molecule is COc1ccc2c3c1O[C@H]1[C@@]4(OC)CC[C@@]5(C[C@]4(C)C(O)c4ccccc4)[C@@H](C2)N(CC2CC2)CC[C@]315. The summed E-state index contributed by atoms with van der Waals surface area (Å²) < 4.78 is 19.7. The molecule has 2 spiro atoms. The predicted molar refractivity (Wildman–Crippen MR) is 141 cm³/mol. The number of piperidine rings is 1. The fourth-order valence-electron chi connectivity index (χ4n) is 10.4. The van der Waals surface area contributed by atoms with Gasteiger partial charge in [-0.1, -0.05) is 43.3 Å². The van der Waals surface area contributed by atoms with Crippen molar-refractivity contribution in [3.05, 3.63) is 59.2 Å². The van der Waals surface area contributed by atoms with E-state index in [-0.39, 0.29) is 16.9 Å². The summed E-state index contributed by atoms with van der Waals surface area (Å²) in [6, 6.07) is 15.1. The molecule has 37 heavy (non-hydrogen) atoms. The lowest BCUT2D eigenvalue weighted by molar-refractivity contribution is -0.324. The number of benzene rings is 2. The minimum absolute atomic E-state index is 0.0419. The highest BCUT2D eigenvalue weighted by Gasteiger charge is 2.84. The quantitative estimate of drug-likeness (QED) is 0.601. The van der Waals surface area contributed by atoms with E-state index in [4.69, 9.17) is 14.2 Å². The van der Waals surface area contributed by atoms with E-state index in [9.17, 15) is 5.11 Å². The van der Waals surface area contributed by atoms with Gasteiger partial charge in [0.25, 0.3) is 0 Å². The maximum Gasteiger partial charge on any atom is 0.165 e. The fourth-order valence-corrected chi connectivity index (χ4v) is 10.4. The molecule has 2 heterocycles. The van der Waals surface area contributed by atoms with E-state index in [2.05, 4.69) is 36.1 Å². The third-order valence-corrected chi connectivity index (χ3v) is 12.0. The molecule has 7 aliphatic rings. The zero-order valence-corrected chi connectivity index (χ0v) is 22.3. The van der Waals surface area contributed by atoms with E-state index in [1.165, 1.54) is 30.5 Å². The number of nitrogens with zero attached hydrogens (tertiary/aromatic N) is 1. The van der Waals surface area contributed by atoms with Crippen molar-refractivity contribution < 1.29 is 19.3 Å². The van der Waals surface area contributed by atoms with Crippen LogP contribution in [0, 0.1) is 16.7 Å². The molecule has 0 aromatic heterocycles. The van der Waals surface area contributed by atoms with E-state index in [0.29, 0.717) is 6.04 Å². The first kappa shape index (κ1) is 22.9. The van der Waals surface area contributed by atoms with Crippen molar-refractivity contribution in [3.63, 3.8) is 0 Å².